The molecule has 2 N–H and O–H groups in total. The minimum atomic E-state index is -0.425. The molecule has 0 bridgehead atoms. The highest BCUT2D eigenvalue weighted by Crippen LogP contribution is 2.10. The molecule has 2 heterocycles. The topological polar surface area (TPSA) is 69.1 Å². The number of hydrogen-bond acceptors (Lipinski definition) is 5. The molecule has 1 saturated heterocycles. The number of rotatable bonds is 1. The Morgan fingerprint density at radius 3 is 3.21 bits per heavy atom. The van der Waals surface area contributed by atoms with E-state index in [1.54, 1.807) is 17.3 Å². The molecule has 0 aromatic carbocycles. The van der Waals surface area contributed by atoms with E-state index in [-0.39, 0.29) is 5.91 Å². The van der Waals surface area contributed by atoms with Gasteiger partial charge in [-0.15, -0.1) is 0 Å². The van der Waals surface area contributed by atoms with Gasteiger partial charge in [0.2, 0.25) is 0 Å². The summed E-state index contributed by atoms with van der Waals surface area (Å²) >= 11 is 0. The maximum atomic E-state index is 11.5. The van der Waals surface area contributed by atoms with Crippen LogP contribution >= 0.6 is 0 Å². The largest absolute Gasteiger partial charge is 0.372 e. The molecule has 0 radical (unpaired) electrons. The van der Waals surface area contributed by atoms with Crippen molar-refractivity contribution in [2.45, 2.75) is 12.3 Å². The van der Waals surface area contributed by atoms with E-state index >= 15 is 0 Å². The fourth-order valence-corrected chi connectivity index (χ4v) is 1.49. The van der Waals surface area contributed by atoms with Crippen molar-refractivity contribution in [3.05, 3.63) is 12.4 Å². The van der Waals surface area contributed by atoms with E-state index in [9.17, 15) is 4.79 Å². The Kier molecular flexibility index (Phi) is 1.95. The molecule has 0 aromatic rings. The van der Waals surface area contributed by atoms with E-state index in [2.05, 4.69) is 27.3 Å². The number of fused-ring (bicyclic) bond motifs is 1. The number of amidine groups is 1. The van der Waals surface area contributed by atoms with Gasteiger partial charge in [0, 0.05) is 19.4 Å². The molecule has 2 aliphatic rings. The zero-order chi connectivity index (χ0) is 10.1. The van der Waals surface area contributed by atoms with Crippen molar-refractivity contribution in [3.63, 3.8) is 0 Å². The monoisotopic (exact) mass is 193 g/mol. The number of amides is 1. The summed E-state index contributed by atoms with van der Waals surface area (Å²) in [6.45, 7) is 3.41. The summed E-state index contributed by atoms with van der Waals surface area (Å²) in [7, 11) is 1.81. The van der Waals surface area contributed by atoms with Crippen LogP contribution in [-0.4, -0.2) is 42.7 Å². The second-order valence-electron chi connectivity index (χ2n) is 3.08. The van der Waals surface area contributed by atoms with E-state index in [0.29, 0.717) is 5.84 Å². The molecule has 6 nitrogen and oxygen atoms in total. The first-order valence-corrected chi connectivity index (χ1v) is 4.22. The first-order chi connectivity index (χ1) is 6.74. The quantitative estimate of drug-likeness (QED) is 0.518. The lowest BCUT2D eigenvalue weighted by molar-refractivity contribution is -0.124. The second-order valence-corrected chi connectivity index (χ2v) is 3.08. The number of carbonyl (C=O) groups excluding carboxylic acids is 1. The maximum absolute atomic E-state index is 11.5. The van der Waals surface area contributed by atoms with Gasteiger partial charge in [0.25, 0.3) is 5.91 Å². The Hall–Kier alpha value is -1.85. The summed E-state index contributed by atoms with van der Waals surface area (Å²) in [5, 5.41) is 5.61. The number of aliphatic imine (C=N–C) groups is 2. The fourth-order valence-electron chi connectivity index (χ4n) is 1.49. The predicted molar refractivity (Wildman–Crippen MR) is 52.7 cm³/mol. The molecular formula is C8H11N5O. The molecule has 0 saturated carbocycles. The molecule has 1 amide bonds. The van der Waals surface area contributed by atoms with Crippen LogP contribution in [0.15, 0.2) is 22.4 Å². The van der Waals surface area contributed by atoms with Gasteiger partial charge in [-0.05, 0) is 6.72 Å². The van der Waals surface area contributed by atoms with Gasteiger partial charge in [0.1, 0.15) is 5.84 Å². The van der Waals surface area contributed by atoms with E-state index < -0.39 is 12.3 Å². The number of hydrogen-bond donors (Lipinski definition) is 2. The molecule has 6 heteroatoms. The van der Waals surface area contributed by atoms with E-state index in [4.69, 9.17) is 0 Å². The first kappa shape index (κ1) is 8.74. The van der Waals surface area contributed by atoms with Crippen LogP contribution in [0.2, 0.25) is 0 Å². The van der Waals surface area contributed by atoms with E-state index in [1.807, 2.05) is 7.05 Å². The van der Waals surface area contributed by atoms with Crippen LogP contribution in [-0.2, 0) is 4.79 Å². The molecule has 14 heavy (non-hydrogen) atoms. The zero-order valence-corrected chi connectivity index (χ0v) is 7.77. The SMILES string of the molecule is C=NC1NC(=O)C2NC=CN=C2N1C. The Bertz CT molecular complexity index is 335. The maximum Gasteiger partial charge on any atom is 0.253 e. The summed E-state index contributed by atoms with van der Waals surface area (Å²) in [5.41, 5.74) is 0. The molecule has 0 aromatic heterocycles. The lowest BCUT2D eigenvalue weighted by Gasteiger charge is -2.38. The molecule has 0 spiro atoms. The molecule has 2 atom stereocenters. The van der Waals surface area contributed by atoms with Crippen LogP contribution < -0.4 is 10.6 Å². The van der Waals surface area contributed by atoms with Gasteiger partial charge in [-0.1, -0.05) is 0 Å². The van der Waals surface area contributed by atoms with Crippen molar-refractivity contribution in [2.24, 2.45) is 9.98 Å². The minimum absolute atomic E-state index is 0.136. The van der Waals surface area contributed by atoms with Gasteiger partial charge in [-0.3, -0.25) is 9.79 Å². The lowest BCUT2D eigenvalue weighted by atomic mass is 10.1. The number of nitrogens with zero attached hydrogens (tertiary/aromatic N) is 3. The molecule has 2 unspecified atom stereocenters. The number of likely N-dealkylation sites (N-methyl/N-ethyl adjacent to an activating group) is 1. The van der Waals surface area contributed by atoms with Gasteiger partial charge >= 0.3 is 0 Å². The van der Waals surface area contributed by atoms with Gasteiger partial charge in [0.05, 0.1) is 0 Å². The van der Waals surface area contributed by atoms with Crippen LogP contribution in [0.3, 0.4) is 0 Å². The highest BCUT2D eigenvalue weighted by molar-refractivity contribution is 6.09. The minimum Gasteiger partial charge on any atom is -0.372 e. The number of carbonyl (C=O) groups is 1. The molecule has 74 valence electrons. The van der Waals surface area contributed by atoms with Crippen molar-refractivity contribution in [3.8, 4) is 0 Å². The van der Waals surface area contributed by atoms with Gasteiger partial charge in [-0.25, -0.2) is 4.99 Å². The standard InChI is InChI=1S/C8H11N5O/c1-9-8-12-7(14)5-6(13(8)2)11-4-3-10-5/h3-5,8,10H,1H2,2H3,(H,12,14). The Labute approximate surface area is 81.4 Å². The van der Waals surface area contributed by atoms with Crippen LogP contribution in [0.5, 0.6) is 0 Å². The summed E-state index contributed by atoms with van der Waals surface area (Å²) in [6, 6.07) is -0.414. The average Bonchev–Trinajstić information content (AvgIpc) is 2.23. The van der Waals surface area contributed by atoms with Crippen LogP contribution in [0, 0.1) is 0 Å². The summed E-state index contributed by atoms with van der Waals surface area (Å²) in [6.07, 6.45) is 2.83. The highest BCUT2D eigenvalue weighted by atomic mass is 16.2. The second kappa shape index (κ2) is 3.13. The van der Waals surface area contributed by atoms with E-state index in [0.717, 1.165) is 0 Å². The highest BCUT2D eigenvalue weighted by Gasteiger charge is 2.36. The van der Waals surface area contributed by atoms with Crippen molar-refractivity contribution >= 4 is 18.5 Å². The molecule has 0 aliphatic carbocycles. The predicted octanol–water partition coefficient (Wildman–Crippen LogP) is -1.13. The summed E-state index contributed by atoms with van der Waals surface area (Å²) in [4.78, 5) is 21.2. The molecule has 2 rings (SSSR count). The summed E-state index contributed by atoms with van der Waals surface area (Å²) in [5.74, 6) is 0.525. The van der Waals surface area contributed by atoms with Gasteiger partial charge in [0.15, 0.2) is 12.3 Å². The van der Waals surface area contributed by atoms with Crippen LogP contribution in [0.25, 0.3) is 0 Å². The molecule has 1 fully saturated rings. The zero-order valence-electron chi connectivity index (χ0n) is 7.77. The Balaban J connectivity index is 2.32. The van der Waals surface area contributed by atoms with Crippen LogP contribution in [0.4, 0.5) is 0 Å². The normalized spacial score (nSPS) is 29.9. The van der Waals surface area contributed by atoms with Crippen molar-refractivity contribution in [2.75, 3.05) is 7.05 Å². The lowest BCUT2D eigenvalue weighted by Crippen LogP contribution is -2.65. The van der Waals surface area contributed by atoms with Gasteiger partial charge in [-0.2, -0.15) is 0 Å². The van der Waals surface area contributed by atoms with E-state index in [1.165, 1.54) is 0 Å². The average molecular weight is 193 g/mol. The van der Waals surface area contributed by atoms with Crippen molar-refractivity contribution in [1.82, 2.24) is 15.5 Å². The Morgan fingerprint density at radius 2 is 2.50 bits per heavy atom. The third-order valence-electron chi connectivity index (χ3n) is 2.24. The smallest absolute Gasteiger partial charge is 0.253 e. The van der Waals surface area contributed by atoms with Crippen molar-refractivity contribution in [1.29, 1.82) is 0 Å². The van der Waals surface area contributed by atoms with Gasteiger partial charge < -0.3 is 15.5 Å². The third kappa shape index (κ3) is 1.15. The Morgan fingerprint density at radius 1 is 1.71 bits per heavy atom. The van der Waals surface area contributed by atoms with Crippen LogP contribution in [0.1, 0.15) is 0 Å². The third-order valence-corrected chi connectivity index (χ3v) is 2.24. The molecule has 2 aliphatic heterocycles. The first-order valence-electron chi connectivity index (χ1n) is 4.22. The molecular weight excluding hydrogens is 182 g/mol. The summed E-state index contributed by atoms with van der Waals surface area (Å²) < 4.78 is 0. The number of nitrogens with one attached hydrogen (secondary N) is 2. The van der Waals surface area contributed by atoms with Crippen molar-refractivity contribution < 1.29 is 4.79 Å². The fraction of sp³-hybridized carbons (Fsp3) is 0.375.